The van der Waals surface area contributed by atoms with Crippen molar-refractivity contribution in [3.8, 4) is 0 Å². The van der Waals surface area contributed by atoms with Crippen molar-refractivity contribution in [2.45, 2.75) is 6.54 Å². The van der Waals surface area contributed by atoms with Crippen LogP contribution in [0.3, 0.4) is 0 Å². The van der Waals surface area contributed by atoms with Crippen LogP contribution in [0.25, 0.3) is 0 Å². The van der Waals surface area contributed by atoms with Crippen LogP contribution in [0.5, 0.6) is 0 Å². The number of rotatable bonds is 4. The normalized spacial score (nSPS) is 10.3. The summed E-state index contributed by atoms with van der Waals surface area (Å²) in [4.78, 5) is 11.7. The number of nitrogens with zero attached hydrogens (tertiary/aromatic N) is 2. The lowest BCUT2D eigenvalue weighted by molar-refractivity contribution is -0.385. The minimum atomic E-state index is -0.667. The summed E-state index contributed by atoms with van der Waals surface area (Å²) in [7, 11) is 1.68. The predicted octanol–water partition coefficient (Wildman–Crippen LogP) is 3.51. The molecular formula is C14H12F2N2O2. The number of anilines is 1. The first-order valence-corrected chi connectivity index (χ1v) is 5.86. The third-order valence-corrected chi connectivity index (χ3v) is 2.85. The SMILES string of the molecule is CN(Cc1ccc(F)cc1)c1cc(F)cc([N+](=O)[O-])c1. The summed E-state index contributed by atoms with van der Waals surface area (Å²) >= 11 is 0. The third kappa shape index (κ3) is 3.28. The van der Waals surface area contributed by atoms with E-state index in [2.05, 4.69) is 0 Å². The second-order valence-corrected chi connectivity index (χ2v) is 4.41. The van der Waals surface area contributed by atoms with Gasteiger partial charge in [-0.05, 0) is 23.8 Å². The van der Waals surface area contributed by atoms with Gasteiger partial charge < -0.3 is 4.90 Å². The van der Waals surface area contributed by atoms with Gasteiger partial charge in [0.25, 0.3) is 5.69 Å². The molecule has 104 valence electrons. The van der Waals surface area contributed by atoms with Crippen LogP contribution >= 0.6 is 0 Å². The molecule has 0 atom stereocenters. The molecule has 0 aliphatic heterocycles. The molecule has 2 aromatic rings. The van der Waals surface area contributed by atoms with Gasteiger partial charge in [0.05, 0.1) is 11.0 Å². The Kier molecular flexibility index (Phi) is 3.93. The van der Waals surface area contributed by atoms with E-state index in [4.69, 9.17) is 0 Å². The van der Waals surface area contributed by atoms with Crippen LogP contribution in [0.2, 0.25) is 0 Å². The van der Waals surface area contributed by atoms with Gasteiger partial charge in [-0.2, -0.15) is 0 Å². The average Bonchev–Trinajstić information content (AvgIpc) is 2.40. The molecule has 0 N–H and O–H groups in total. The highest BCUT2D eigenvalue weighted by atomic mass is 19.1. The maximum absolute atomic E-state index is 13.4. The zero-order chi connectivity index (χ0) is 14.7. The minimum absolute atomic E-state index is 0.300. The first-order chi connectivity index (χ1) is 9.45. The largest absolute Gasteiger partial charge is 0.370 e. The zero-order valence-corrected chi connectivity index (χ0v) is 10.7. The fourth-order valence-electron chi connectivity index (χ4n) is 1.84. The summed E-state index contributed by atoms with van der Waals surface area (Å²) in [5, 5.41) is 10.7. The molecule has 0 aliphatic rings. The molecule has 20 heavy (non-hydrogen) atoms. The van der Waals surface area contributed by atoms with Crippen molar-refractivity contribution >= 4 is 11.4 Å². The van der Waals surface area contributed by atoms with Crippen LogP contribution in [0, 0.1) is 21.7 Å². The maximum atomic E-state index is 13.4. The highest BCUT2D eigenvalue weighted by Gasteiger charge is 2.12. The number of hydrogen-bond acceptors (Lipinski definition) is 3. The molecule has 0 aliphatic carbocycles. The van der Waals surface area contributed by atoms with Gasteiger partial charge in [0.1, 0.15) is 11.6 Å². The summed E-state index contributed by atoms with van der Waals surface area (Å²) in [6, 6.07) is 9.27. The van der Waals surface area contributed by atoms with E-state index in [1.54, 1.807) is 24.1 Å². The summed E-state index contributed by atoms with van der Waals surface area (Å²) in [6.45, 7) is 0.390. The van der Waals surface area contributed by atoms with Crippen LogP contribution in [0.15, 0.2) is 42.5 Å². The Morgan fingerprint density at radius 3 is 2.35 bits per heavy atom. The Balaban J connectivity index is 2.22. The fraction of sp³-hybridized carbons (Fsp3) is 0.143. The van der Waals surface area contributed by atoms with E-state index in [1.807, 2.05) is 0 Å². The lowest BCUT2D eigenvalue weighted by Gasteiger charge is -2.19. The molecule has 0 bridgehead atoms. The van der Waals surface area contributed by atoms with E-state index in [-0.39, 0.29) is 11.5 Å². The Bertz CT molecular complexity index is 630. The second kappa shape index (κ2) is 5.64. The number of nitro groups is 1. The molecule has 0 unspecified atom stereocenters. The first-order valence-electron chi connectivity index (χ1n) is 5.86. The van der Waals surface area contributed by atoms with E-state index < -0.39 is 10.7 Å². The standard InChI is InChI=1S/C14H12F2N2O2/c1-17(9-10-2-4-11(15)5-3-10)13-6-12(16)7-14(8-13)18(19)20/h2-8H,9H2,1H3. The molecule has 0 spiro atoms. The highest BCUT2D eigenvalue weighted by Crippen LogP contribution is 2.23. The van der Waals surface area contributed by atoms with E-state index in [9.17, 15) is 18.9 Å². The summed E-state index contributed by atoms with van der Waals surface area (Å²) < 4.78 is 26.2. The van der Waals surface area contributed by atoms with Gasteiger partial charge in [0.15, 0.2) is 0 Å². The van der Waals surface area contributed by atoms with E-state index >= 15 is 0 Å². The Morgan fingerprint density at radius 1 is 1.10 bits per heavy atom. The molecule has 0 heterocycles. The molecule has 0 aromatic heterocycles. The quantitative estimate of drug-likeness (QED) is 0.635. The summed E-state index contributed by atoms with van der Waals surface area (Å²) in [6.07, 6.45) is 0. The molecule has 2 aromatic carbocycles. The Morgan fingerprint density at radius 2 is 1.75 bits per heavy atom. The van der Waals surface area contributed by atoms with Crippen molar-refractivity contribution in [3.05, 3.63) is 69.8 Å². The monoisotopic (exact) mass is 278 g/mol. The number of halogens is 2. The zero-order valence-electron chi connectivity index (χ0n) is 10.7. The second-order valence-electron chi connectivity index (χ2n) is 4.41. The van der Waals surface area contributed by atoms with Crippen LogP contribution in [-0.2, 0) is 6.54 Å². The number of nitro benzene ring substituents is 1. The van der Waals surface area contributed by atoms with Crippen molar-refractivity contribution in [1.29, 1.82) is 0 Å². The third-order valence-electron chi connectivity index (χ3n) is 2.85. The maximum Gasteiger partial charge on any atom is 0.274 e. The topological polar surface area (TPSA) is 46.4 Å². The molecule has 0 fully saturated rings. The van der Waals surface area contributed by atoms with Gasteiger partial charge in [-0.25, -0.2) is 8.78 Å². The van der Waals surface area contributed by atoms with Crippen molar-refractivity contribution in [2.24, 2.45) is 0 Å². The molecule has 0 saturated heterocycles. The molecule has 0 amide bonds. The van der Waals surface area contributed by atoms with Crippen LogP contribution < -0.4 is 4.90 Å². The van der Waals surface area contributed by atoms with Crippen LogP contribution in [0.1, 0.15) is 5.56 Å². The van der Waals surface area contributed by atoms with Gasteiger partial charge >= 0.3 is 0 Å². The van der Waals surface area contributed by atoms with Gasteiger partial charge in [-0.15, -0.1) is 0 Å². The number of non-ortho nitro benzene ring substituents is 1. The Labute approximate surface area is 114 Å². The molecule has 6 heteroatoms. The van der Waals surface area contributed by atoms with E-state index in [0.29, 0.717) is 12.2 Å². The molecule has 2 rings (SSSR count). The fourth-order valence-corrected chi connectivity index (χ4v) is 1.84. The minimum Gasteiger partial charge on any atom is -0.370 e. The van der Waals surface area contributed by atoms with Gasteiger partial charge in [0.2, 0.25) is 0 Å². The van der Waals surface area contributed by atoms with Gasteiger partial charge in [0, 0.05) is 25.3 Å². The van der Waals surface area contributed by atoms with Crippen molar-refractivity contribution < 1.29 is 13.7 Å². The number of benzene rings is 2. The Hall–Kier alpha value is -2.50. The molecule has 0 radical (unpaired) electrons. The van der Waals surface area contributed by atoms with Crippen LogP contribution in [-0.4, -0.2) is 12.0 Å². The molecule has 4 nitrogen and oxygen atoms in total. The lowest BCUT2D eigenvalue weighted by atomic mass is 10.2. The predicted molar refractivity (Wildman–Crippen MR) is 71.6 cm³/mol. The average molecular weight is 278 g/mol. The smallest absolute Gasteiger partial charge is 0.274 e. The van der Waals surface area contributed by atoms with E-state index in [1.165, 1.54) is 24.3 Å². The first kappa shape index (κ1) is 13.9. The lowest BCUT2D eigenvalue weighted by Crippen LogP contribution is -2.16. The highest BCUT2D eigenvalue weighted by molar-refractivity contribution is 5.53. The van der Waals surface area contributed by atoms with Crippen LogP contribution in [0.4, 0.5) is 20.2 Å². The van der Waals surface area contributed by atoms with Gasteiger partial charge in [-0.1, -0.05) is 12.1 Å². The number of hydrogen-bond donors (Lipinski definition) is 0. The molecular weight excluding hydrogens is 266 g/mol. The van der Waals surface area contributed by atoms with E-state index in [0.717, 1.165) is 11.6 Å². The van der Waals surface area contributed by atoms with Crippen molar-refractivity contribution in [1.82, 2.24) is 0 Å². The van der Waals surface area contributed by atoms with Crippen molar-refractivity contribution in [2.75, 3.05) is 11.9 Å². The molecule has 0 saturated carbocycles. The van der Waals surface area contributed by atoms with Gasteiger partial charge in [-0.3, -0.25) is 10.1 Å². The summed E-state index contributed by atoms with van der Waals surface area (Å²) in [5.74, 6) is -1.00. The van der Waals surface area contributed by atoms with Crippen molar-refractivity contribution in [3.63, 3.8) is 0 Å². The summed E-state index contributed by atoms with van der Waals surface area (Å²) in [5.41, 5.74) is 0.910.